The minimum Gasteiger partial charge on any atom is -0.380 e. The highest BCUT2D eigenvalue weighted by Gasteiger charge is 2.08. The molecular formula is C9H16O. The summed E-state index contributed by atoms with van der Waals surface area (Å²) in [6.07, 6.45) is 6.17. The summed E-state index contributed by atoms with van der Waals surface area (Å²) in [7, 11) is 1.76. The third kappa shape index (κ3) is 2.14. The summed E-state index contributed by atoms with van der Waals surface area (Å²) in [6, 6.07) is 0. The van der Waals surface area contributed by atoms with Gasteiger partial charge in [-0.15, -0.1) is 0 Å². The van der Waals surface area contributed by atoms with Crippen LogP contribution >= 0.6 is 0 Å². The number of allylic oxidation sites excluding steroid dienone is 1. The van der Waals surface area contributed by atoms with Crippen LogP contribution in [0.1, 0.15) is 26.2 Å². The number of hydrogen-bond donors (Lipinski definition) is 0. The van der Waals surface area contributed by atoms with E-state index in [4.69, 9.17) is 4.74 Å². The maximum absolute atomic E-state index is 5.05. The summed E-state index contributed by atoms with van der Waals surface area (Å²) in [5.41, 5.74) is 1.49. The highest BCUT2D eigenvalue weighted by Crippen LogP contribution is 2.22. The van der Waals surface area contributed by atoms with Gasteiger partial charge >= 0.3 is 0 Å². The Hall–Kier alpha value is -0.300. The molecule has 1 aliphatic carbocycles. The molecular weight excluding hydrogens is 124 g/mol. The minimum atomic E-state index is 0.840. The molecule has 58 valence electrons. The molecule has 0 fully saturated rings. The fourth-order valence-electron chi connectivity index (χ4n) is 1.34. The maximum Gasteiger partial charge on any atom is 0.0672 e. The van der Waals surface area contributed by atoms with Crippen molar-refractivity contribution in [3.05, 3.63) is 11.6 Å². The van der Waals surface area contributed by atoms with Crippen LogP contribution in [0.3, 0.4) is 0 Å². The molecule has 1 rings (SSSR count). The van der Waals surface area contributed by atoms with Gasteiger partial charge in [-0.05, 0) is 30.8 Å². The Kier molecular flexibility index (Phi) is 2.94. The van der Waals surface area contributed by atoms with Crippen molar-refractivity contribution in [1.82, 2.24) is 0 Å². The predicted molar refractivity (Wildman–Crippen MR) is 43.0 cm³/mol. The van der Waals surface area contributed by atoms with Gasteiger partial charge in [0.25, 0.3) is 0 Å². The van der Waals surface area contributed by atoms with E-state index in [1.165, 1.54) is 24.8 Å². The van der Waals surface area contributed by atoms with E-state index in [1.807, 2.05) is 0 Å². The summed E-state index contributed by atoms with van der Waals surface area (Å²) in [5, 5.41) is 0. The van der Waals surface area contributed by atoms with Gasteiger partial charge in [0.2, 0.25) is 0 Å². The van der Waals surface area contributed by atoms with Crippen LogP contribution in [-0.4, -0.2) is 13.7 Å². The Morgan fingerprint density at radius 3 is 3.00 bits per heavy atom. The van der Waals surface area contributed by atoms with Crippen LogP contribution in [0, 0.1) is 5.92 Å². The number of rotatable bonds is 2. The first kappa shape index (κ1) is 7.80. The van der Waals surface area contributed by atoms with Crippen LogP contribution in [0.25, 0.3) is 0 Å². The molecule has 10 heavy (non-hydrogen) atoms. The molecule has 0 radical (unpaired) electrons. The lowest BCUT2D eigenvalue weighted by molar-refractivity contribution is 0.219. The SMILES string of the molecule is COCC1=CCC(C)CC1. The van der Waals surface area contributed by atoms with E-state index in [0.717, 1.165) is 12.5 Å². The number of ether oxygens (including phenoxy) is 1. The van der Waals surface area contributed by atoms with Crippen molar-refractivity contribution in [2.75, 3.05) is 13.7 Å². The Morgan fingerprint density at radius 2 is 2.50 bits per heavy atom. The highest BCUT2D eigenvalue weighted by molar-refractivity contribution is 5.06. The first-order chi connectivity index (χ1) is 4.83. The van der Waals surface area contributed by atoms with Gasteiger partial charge in [-0.3, -0.25) is 0 Å². The van der Waals surface area contributed by atoms with Crippen LogP contribution in [0.5, 0.6) is 0 Å². The van der Waals surface area contributed by atoms with Crippen LogP contribution < -0.4 is 0 Å². The zero-order valence-corrected chi connectivity index (χ0v) is 6.89. The Balaban J connectivity index is 2.33. The molecule has 0 saturated carbocycles. The molecule has 0 heterocycles. The van der Waals surface area contributed by atoms with E-state index in [-0.39, 0.29) is 0 Å². The van der Waals surface area contributed by atoms with E-state index >= 15 is 0 Å². The standard InChI is InChI=1S/C9H16O/c1-8-3-5-9(6-4-8)7-10-2/h5,8H,3-4,6-7H2,1-2H3. The van der Waals surface area contributed by atoms with Crippen LogP contribution in [0.2, 0.25) is 0 Å². The number of hydrogen-bond acceptors (Lipinski definition) is 1. The quantitative estimate of drug-likeness (QED) is 0.535. The third-order valence-corrected chi connectivity index (χ3v) is 2.10. The molecule has 0 bridgehead atoms. The first-order valence-electron chi connectivity index (χ1n) is 3.99. The van der Waals surface area contributed by atoms with Crippen LogP contribution in [-0.2, 0) is 4.74 Å². The monoisotopic (exact) mass is 140 g/mol. The molecule has 0 aromatic heterocycles. The van der Waals surface area contributed by atoms with Crippen LogP contribution in [0.15, 0.2) is 11.6 Å². The van der Waals surface area contributed by atoms with E-state index < -0.39 is 0 Å². The van der Waals surface area contributed by atoms with E-state index in [9.17, 15) is 0 Å². The van der Waals surface area contributed by atoms with E-state index in [2.05, 4.69) is 13.0 Å². The molecule has 0 N–H and O–H groups in total. The summed E-state index contributed by atoms with van der Waals surface area (Å²) < 4.78 is 5.05. The maximum atomic E-state index is 5.05. The first-order valence-corrected chi connectivity index (χ1v) is 3.99. The fourth-order valence-corrected chi connectivity index (χ4v) is 1.34. The Bertz CT molecular complexity index is 127. The van der Waals surface area contributed by atoms with Gasteiger partial charge in [0.15, 0.2) is 0 Å². The molecule has 1 nitrogen and oxygen atoms in total. The van der Waals surface area contributed by atoms with Gasteiger partial charge in [0.05, 0.1) is 6.61 Å². The molecule has 0 aromatic carbocycles. The predicted octanol–water partition coefficient (Wildman–Crippen LogP) is 2.38. The largest absolute Gasteiger partial charge is 0.380 e. The van der Waals surface area contributed by atoms with Gasteiger partial charge < -0.3 is 4.74 Å². The zero-order chi connectivity index (χ0) is 7.40. The fraction of sp³-hybridized carbons (Fsp3) is 0.778. The minimum absolute atomic E-state index is 0.840. The zero-order valence-electron chi connectivity index (χ0n) is 6.89. The lowest BCUT2D eigenvalue weighted by Gasteiger charge is -2.17. The van der Waals surface area contributed by atoms with Gasteiger partial charge in [0, 0.05) is 7.11 Å². The smallest absolute Gasteiger partial charge is 0.0672 e. The second-order valence-corrected chi connectivity index (χ2v) is 3.17. The normalized spacial score (nSPS) is 26.2. The molecule has 1 atom stereocenters. The van der Waals surface area contributed by atoms with Crippen LogP contribution in [0.4, 0.5) is 0 Å². The highest BCUT2D eigenvalue weighted by atomic mass is 16.5. The average molecular weight is 140 g/mol. The second kappa shape index (κ2) is 3.77. The number of methoxy groups -OCH3 is 1. The van der Waals surface area contributed by atoms with Crippen molar-refractivity contribution < 1.29 is 4.74 Å². The average Bonchev–Trinajstić information content (AvgIpc) is 1.95. The van der Waals surface area contributed by atoms with E-state index in [0.29, 0.717) is 0 Å². The molecule has 1 heteroatoms. The third-order valence-electron chi connectivity index (χ3n) is 2.10. The van der Waals surface area contributed by atoms with Crippen molar-refractivity contribution in [3.63, 3.8) is 0 Å². The van der Waals surface area contributed by atoms with Crippen molar-refractivity contribution in [1.29, 1.82) is 0 Å². The van der Waals surface area contributed by atoms with Crippen molar-refractivity contribution in [2.24, 2.45) is 5.92 Å². The molecule has 1 aliphatic rings. The molecule has 0 aliphatic heterocycles. The van der Waals surface area contributed by atoms with E-state index in [1.54, 1.807) is 7.11 Å². The van der Waals surface area contributed by atoms with Crippen molar-refractivity contribution >= 4 is 0 Å². The molecule has 0 aromatic rings. The summed E-state index contributed by atoms with van der Waals surface area (Å²) in [4.78, 5) is 0. The van der Waals surface area contributed by atoms with Gasteiger partial charge in [0.1, 0.15) is 0 Å². The second-order valence-electron chi connectivity index (χ2n) is 3.17. The summed E-state index contributed by atoms with van der Waals surface area (Å²) in [6.45, 7) is 3.15. The van der Waals surface area contributed by atoms with Gasteiger partial charge in [-0.2, -0.15) is 0 Å². The summed E-state index contributed by atoms with van der Waals surface area (Å²) in [5.74, 6) is 0.889. The molecule has 0 saturated heterocycles. The Labute approximate surface area is 63.1 Å². The van der Waals surface area contributed by atoms with Crippen molar-refractivity contribution in [2.45, 2.75) is 26.2 Å². The topological polar surface area (TPSA) is 9.23 Å². The molecule has 1 unspecified atom stereocenters. The lowest BCUT2D eigenvalue weighted by Crippen LogP contribution is -2.04. The summed E-state index contributed by atoms with van der Waals surface area (Å²) >= 11 is 0. The van der Waals surface area contributed by atoms with Gasteiger partial charge in [-0.25, -0.2) is 0 Å². The lowest BCUT2D eigenvalue weighted by atomic mass is 9.91. The molecule has 0 spiro atoms. The van der Waals surface area contributed by atoms with Crippen molar-refractivity contribution in [3.8, 4) is 0 Å². The van der Waals surface area contributed by atoms with Gasteiger partial charge in [-0.1, -0.05) is 13.0 Å². The Morgan fingerprint density at radius 1 is 1.70 bits per heavy atom. The molecule has 0 amide bonds.